The molecule has 0 saturated carbocycles. The second kappa shape index (κ2) is 7.49. The number of nitrogens with zero attached hydrogens (tertiary/aromatic N) is 1. The molecule has 1 fully saturated rings. The highest BCUT2D eigenvalue weighted by molar-refractivity contribution is 7.98. The molecular formula is C16H18N2O3S. The molecule has 22 heavy (non-hydrogen) atoms. The van der Waals surface area contributed by atoms with Crippen molar-refractivity contribution in [3.8, 4) is 0 Å². The summed E-state index contributed by atoms with van der Waals surface area (Å²) in [7, 11) is 0. The van der Waals surface area contributed by atoms with Crippen LogP contribution in [-0.2, 0) is 10.6 Å². The summed E-state index contributed by atoms with van der Waals surface area (Å²) in [4.78, 5) is 18.5. The van der Waals surface area contributed by atoms with Crippen LogP contribution in [0.2, 0.25) is 0 Å². The van der Waals surface area contributed by atoms with Gasteiger partial charge >= 0.3 is 5.97 Å². The van der Waals surface area contributed by atoms with E-state index in [4.69, 9.17) is 9.25 Å². The highest BCUT2D eigenvalue weighted by atomic mass is 32.2. The first-order valence-corrected chi connectivity index (χ1v) is 8.24. The average molecular weight is 318 g/mol. The van der Waals surface area contributed by atoms with E-state index in [-0.39, 0.29) is 5.76 Å². The monoisotopic (exact) mass is 318 g/mol. The van der Waals surface area contributed by atoms with Gasteiger partial charge in [0.2, 0.25) is 5.76 Å². The van der Waals surface area contributed by atoms with Gasteiger partial charge in [-0.15, -0.1) is 16.8 Å². The molecule has 1 aromatic carbocycles. The number of hydrogen-bond donors (Lipinski definition) is 1. The molecule has 0 amide bonds. The van der Waals surface area contributed by atoms with E-state index in [1.54, 1.807) is 22.9 Å². The number of hydrogen-bond acceptors (Lipinski definition) is 6. The van der Waals surface area contributed by atoms with Crippen molar-refractivity contribution in [2.24, 2.45) is 0 Å². The average Bonchev–Trinajstić information content (AvgIpc) is 3.04. The maximum Gasteiger partial charge on any atom is 0.393 e. The van der Waals surface area contributed by atoms with Crippen molar-refractivity contribution in [3.05, 3.63) is 54.0 Å². The van der Waals surface area contributed by atoms with Crippen molar-refractivity contribution in [1.29, 1.82) is 0 Å². The Hall–Kier alpha value is -1.76. The molecule has 1 aromatic heterocycles. The van der Waals surface area contributed by atoms with E-state index in [2.05, 4.69) is 5.32 Å². The minimum atomic E-state index is -0.433. The Kier molecular flexibility index (Phi) is 5.15. The predicted molar refractivity (Wildman–Crippen MR) is 84.6 cm³/mol. The van der Waals surface area contributed by atoms with Crippen molar-refractivity contribution in [2.45, 2.75) is 10.6 Å². The van der Waals surface area contributed by atoms with Crippen LogP contribution >= 0.6 is 11.8 Å². The fourth-order valence-electron chi connectivity index (χ4n) is 2.13. The first-order chi connectivity index (χ1) is 10.8. The Morgan fingerprint density at radius 1 is 1.18 bits per heavy atom. The van der Waals surface area contributed by atoms with Crippen LogP contribution in [0.5, 0.6) is 0 Å². The Morgan fingerprint density at radius 3 is 2.73 bits per heavy atom. The third-order valence-electron chi connectivity index (χ3n) is 3.28. The van der Waals surface area contributed by atoms with Crippen molar-refractivity contribution in [3.63, 3.8) is 0 Å². The molecule has 2 aromatic rings. The second-order valence-electron chi connectivity index (χ2n) is 4.93. The predicted octanol–water partition coefficient (Wildman–Crippen LogP) is 2.55. The van der Waals surface area contributed by atoms with Gasteiger partial charge in [0.1, 0.15) is 5.76 Å². The summed E-state index contributed by atoms with van der Waals surface area (Å²) in [6.07, 6.45) is 0. The lowest BCUT2D eigenvalue weighted by atomic mass is 10.4. The van der Waals surface area contributed by atoms with Crippen LogP contribution < -0.4 is 5.32 Å². The van der Waals surface area contributed by atoms with Gasteiger partial charge in [-0.25, -0.2) is 4.79 Å². The van der Waals surface area contributed by atoms with Crippen molar-refractivity contribution >= 4 is 17.7 Å². The summed E-state index contributed by atoms with van der Waals surface area (Å²) >= 11 is 1.67. The molecule has 0 atom stereocenters. The molecule has 1 aliphatic rings. The molecule has 116 valence electrons. The van der Waals surface area contributed by atoms with Crippen LogP contribution in [0.1, 0.15) is 16.3 Å². The van der Waals surface area contributed by atoms with Crippen molar-refractivity contribution in [1.82, 2.24) is 10.4 Å². The van der Waals surface area contributed by atoms with Gasteiger partial charge in [-0.1, -0.05) is 18.2 Å². The Labute approximate surface area is 133 Å². The zero-order chi connectivity index (χ0) is 15.2. The summed E-state index contributed by atoms with van der Waals surface area (Å²) in [5, 5.41) is 4.87. The molecule has 1 N–H and O–H groups in total. The van der Waals surface area contributed by atoms with Gasteiger partial charge in [0.05, 0.1) is 5.75 Å². The van der Waals surface area contributed by atoms with Gasteiger partial charge in [0, 0.05) is 31.1 Å². The highest BCUT2D eigenvalue weighted by Gasteiger charge is 2.19. The third-order valence-corrected chi connectivity index (χ3v) is 4.31. The largest absolute Gasteiger partial charge is 0.453 e. The van der Waals surface area contributed by atoms with Gasteiger partial charge in [-0.2, -0.15) is 0 Å². The summed E-state index contributed by atoms with van der Waals surface area (Å²) in [6.45, 7) is 3.04. The van der Waals surface area contributed by atoms with E-state index in [0.717, 1.165) is 18.8 Å². The van der Waals surface area contributed by atoms with E-state index in [1.807, 2.05) is 36.4 Å². The van der Waals surface area contributed by atoms with Crippen LogP contribution in [0.3, 0.4) is 0 Å². The van der Waals surface area contributed by atoms with Gasteiger partial charge in [-0.05, 0) is 24.3 Å². The smallest absolute Gasteiger partial charge is 0.393 e. The van der Waals surface area contributed by atoms with E-state index >= 15 is 0 Å². The van der Waals surface area contributed by atoms with Crippen LogP contribution in [0.4, 0.5) is 0 Å². The molecule has 3 rings (SSSR count). The Bertz CT molecular complexity index is 609. The molecule has 2 heterocycles. The molecule has 6 heteroatoms. The quantitative estimate of drug-likeness (QED) is 0.855. The maximum atomic E-state index is 12.0. The molecule has 0 radical (unpaired) electrons. The molecule has 0 bridgehead atoms. The summed E-state index contributed by atoms with van der Waals surface area (Å²) < 4.78 is 5.57. The summed E-state index contributed by atoms with van der Waals surface area (Å²) in [6, 6.07) is 13.6. The topological polar surface area (TPSA) is 54.7 Å². The second-order valence-corrected chi connectivity index (χ2v) is 5.97. The minimum absolute atomic E-state index is 0.252. The van der Waals surface area contributed by atoms with Crippen LogP contribution in [0, 0.1) is 0 Å². The number of rotatable bonds is 5. The summed E-state index contributed by atoms with van der Waals surface area (Å²) in [5.41, 5.74) is 0. The van der Waals surface area contributed by atoms with Crippen LogP contribution in [-0.4, -0.2) is 37.2 Å². The van der Waals surface area contributed by atoms with E-state index in [0.29, 0.717) is 18.8 Å². The molecule has 0 unspecified atom stereocenters. The fraction of sp³-hybridized carbons (Fsp3) is 0.312. The lowest BCUT2D eigenvalue weighted by molar-refractivity contribution is -0.117. The third kappa shape index (κ3) is 4.13. The number of carbonyl (C=O) groups excluding carboxylic acids is 1. The van der Waals surface area contributed by atoms with Crippen LogP contribution in [0.15, 0.2) is 51.8 Å². The number of nitrogens with one attached hydrogen (secondary N) is 1. The lowest BCUT2D eigenvalue weighted by Gasteiger charge is -2.24. The van der Waals surface area contributed by atoms with Gasteiger partial charge in [0.25, 0.3) is 0 Å². The zero-order valence-corrected chi connectivity index (χ0v) is 13.0. The van der Waals surface area contributed by atoms with Crippen molar-refractivity contribution < 1.29 is 14.0 Å². The zero-order valence-electron chi connectivity index (χ0n) is 12.2. The van der Waals surface area contributed by atoms with Crippen molar-refractivity contribution in [2.75, 3.05) is 26.2 Å². The fourth-order valence-corrected chi connectivity index (χ4v) is 2.95. The van der Waals surface area contributed by atoms with E-state index in [1.165, 1.54) is 4.90 Å². The molecular weight excluding hydrogens is 300 g/mol. The molecule has 1 aliphatic heterocycles. The maximum absolute atomic E-state index is 12.0. The Morgan fingerprint density at radius 2 is 1.95 bits per heavy atom. The van der Waals surface area contributed by atoms with Crippen LogP contribution in [0.25, 0.3) is 0 Å². The van der Waals surface area contributed by atoms with Gasteiger partial charge in [0.15, 0.2) is 0 Å². The number of piperazine rings is 1. The highest BCUT2D eigenvalue weighted by Crippen LogP contribution is 2.23. The lowest BCUT2D eigenvalue weighted by Crippen LogP contribution is -2.44. The molecule has 0 aliphatic carbocycles. The SMILES string of the molecule is O=C(ON1CCNCC1)c1ccc(CSc2ccccc2)o1. The minimum Gasteiger partial charge on any atom is -0.453 e. The first-order valence-electron chi connectivity index (χ1n) is 7.26. The standard InChI is InChI=1S/C16H18N2O3S/c19-16(21-18-10-8-17-9-11-18)15-7-6-13(20-15)12-22-14-4-2-1-3-5-14/h1-7,17H,8-12H2. The normalized spacial score (nSPS) is 15.6. The van der Waals surface area contributed by atoms with Gasteiger partial charge in [-0.3, -0.25) is 0 Å². The Balaban J connectivity index is 1.52. The molecule has 5 nitrogen and oxygen atoms in total. The first kappa shape index (κ1) is 15.1. The molecule has 1 saturated heterocycles. The van der Waals surface area contributed by atoms with E-state index < -0.39 is 5.97 Å². The number of benzene rings is 1. The number of carbonyl (C=O) groups is 1. The summed E-state index contributed by atoms with van der Waals surface area (Å²) in [5.74, 6) is 1.27. The number of thioether (sulfide) groups is 1. The number of furan rings is 1. The van der Waals surface area contributed by atoms with Gasteiger partial charge < -0.3 is 14.6 Å². The number of hydroxylamine groups is 2. The molecule has 0 spiro atoms. The van der Waals surface area contributed by atoms with E-state index in [9.17, 15) is 4.79 Å².